The van der Waals surface area contributed by atoms with E-state index in [2.05, 4.69) is 15.5 Å². The Morgan fingerprint density at radius 1 is 1.22 bits per heavy atom. The molecule has 7 heteroatoms. The highest BCUT2D eigenvalue weighted by Gasteiger charge is 2.65. The van der Waals surface area contributed by atoms with Crippen molar-refractivity contribution in [3.63, 3.8) is 0 Å². The summed E-state index contributed by atoms with van der Waals surface area (Å²) < 4.78 is 5.01. The second-order valence-electron chi connectivity index (χ2n) is 8.78. The van der Waals surface area contributed by atoms with Crippen molar-refractivity contribution < 1.29 is 19.1 Å². The molecule has 2 saturated heterocycles. The fraction of sp³-hybridized carbons (Fsp3) is 0.400. The van der Waals surface area contributed by atoms with Gasteiger partial charge in [-0.05, 0) is 69.5 Å². The Morgan fingerprint density at radius 2 is 2.00 bits per heavy atom. The van der Waals surface area contributed by atoms with Crippen molar-refractivity contribution >= 4 is 29.2 Å². The van der Waals surface area contributed by atoms with Crippen LogP contribution in [0.25, 0.3) is 0 Å². The number of benzene rings is 2. The van der Waals surface area contributed by atoms with Crippen LogP contribution in [0.1, 0.15) is 47.7 Å². The van der Waals surface area contributed by atoms with Crippen molar-refractivity contribution in [2.75, 3.05) is 23.8 Å². The Hall–Kier alpha value is -3.19. The van der Waals surface area contributed by atoms with Crippen LogP contribution in [0.3, 0.4) is 0 Å². The lowest BCUT2D eigenvalue weighted by Crippen LogP contribution is -2.53. The van der Waals surface area contributed by atoms with Crippen LogP contribution in [0.4, 0.5) is 11.4 Å². The maximum atomic E-state index is 13.6. The highest BCUT2D eigenvalue weighted by atomic mass is 16.5. The molecule has 0 unspecified atom stereocenters. The predicted molar refractivity (Wildman–Crippen MR) is 120 cm³/mol. The molecule has 2 fully saturated rings. The van der Waals surface area contributed by atoms with Gasteiger partial charge >= 0.3 is 5.97 Å². The number of hydrogen-bond donors (Lipinski definition) is 2. The Morgan fingerprint density at radius 3 is 2.75 bits per heavy atom. The molecule has 3 aliphatic rings. The zero-order valence-corrected chi connectivity index (χ0v) is 18.3. The normalized spacial score (nSPS) is 26.0. The van der Waals surface area contributed by atoms with Crippen LogP contribution in [0.15, 0.2) is 42.5 Å². The minimum Gasteiger partial charge on any atom is -0.462 e. The quantitative estimate of drug-likeness (QED) is 0.722. The molecule has 32 heavy (non-hydrogen) atoms. The molecule has 7 nitrogen and oxygen atoms in total. The topological polar surface area (TPSA) is 87.7 Å². The van der Waals surface area contributed by atoms with Crippen LogP contribution in [-0.4, -0.2) is 41.9 Å². The van der Waals surface area contributed by atoms with E-state index in [9.17, 15) is 14.4 Å². The number of nitrogens with zero attached hydrogens (tertiary/aromatic N) is 1. The summed E-state index contributed by atoms with van der Waals surface area (Å²) >= 11 is 0. The number of para-hydroxylation sites is 1. The van der Waals surface area contributed by atoms with Gasteiger partial charge in [0.05, 0.1) is 18.1 Å². The minimum atomic E-state index is -0.975. The largest absolute Gasteiger partial charge is 0.462 e. The van der Waals surface area contributed by atoms with Crippen LogP contribution in [-0.2, 0) is 19.9 Å². The van der Waals surface area contributed by atoms with Gasteiger partial charge in [0, 0.05) is 23.0 Å². The summed E-state index contributed by atoms with van der Waals surface area (Å²) in [5.74, 6) is -1.17. The van der Waals surface area contributed by atoms with Crippen LogP contribution >= 0.6 is 0 Å². The van der Waals surface area contributed by atoms with Gasteiger partial charge in [0.15, 0.2) is 0 Å². The molecule has 2 aromatic rings. The second-order valence-corrected chi connectivity index (χ2v) is 8.78. The standard InChI is InChI=1S/C25H27N3O4/c1-3-32-23(30)16-9-11-17(12-10-16)26-22(29)20-14-18-7-5-13-28(18)25(20)19-8-4-6-15(2)21(19)27-24(25)31/h4,6,8-12,18,20H,3,5,7,13-14H2,1-2H3,(H,26,29)(H,27,31)/t18-,20+,25+/m1/s1. The molecule has 1 spiro atoms. The molecule has 2 N–H and O–H groups in total. The van der Waals surface area contributed by atoms with E-state index in [-0.39, 0.29) is 17.9 Å². The maximum absolute atomic E-state index is 13.6. The number of ether oxygens (including phenoxy) is 1. The predicted octanol–water partition coefficient (Wildman–Crippen LogP) is 3.44. The average molecular weight is 434 g/mol. The zero-order valence-electron chi connectivity index (χ0n) is 18.3. The number of aryl methyl sites for hydroxylation is 1. The molecule has 166 valence electrons. The summed E-state index contributed by atoms with van der Waals surface area (Å²) in [6.07, 6.45) is 2.67. The lowest BCUT2D eigenvalue weighted by Gasteiger charge is -2.36. The van der Waals surface area contributed by atoms with Crippen LogP contribution in [0.5, 0.6) is 0 Å². The first-order chi connectivity index (χ1) is 15.5. The summed E-state index contributed by atoms with van der Waals surface area (Å²) in [5, 5.41) is 6.07. The lowest BCUT2D eigenvalue weighted by molar-refractivity contribution is -0.135. The number of fused-ring (bicyclic) bond motifs is 4. The summed E-state index contributed by atoms with van der Waals surface area (Å²) in [6, 6.07) is 12.8. The van der Waals surface area contributed by atoms with Crippen LogP contribution < -0.4 is 10.6 Å². The van der Waals surface area contributed by atoms with Gasteiger partial charge in [-0.1, -0.05) is 18.2 Å². The van der Waals surface area contributed by atoms with Gasteiger partial charge in [-0.15, -0.1) is 0 Å². The zero-order chi connectivity index (χ0) is 22.5. The molecule has 2 aromatic carbocycles. The lowest BCUT2D eigenvalue weighted by atomic mass is 9.78. The van der Waals surface area contributed by atoms with Crippen molar-refractivity contribution in [3.05, 3.63) is 59.2 Å². The van der Waals surface area contributed by atoms with E-state index in [0.29, 0.717) is 24.3 Å². The van der Waals surface area contributed by atoms with Crippen molar-refractivity contribution in [2.45, 2.75) is 44.7 Å². The van der Waals surface area contributed by atoms with Gasteiger partial charge in [0.2, 0.25) is 11.8 Å². The number of esters is 1. The molecule has 0 aliphatic carbocycles. The second kappa shape index (κ2) is 7.74. The molecule has 0 radical (unpaired) electrons. The molecule has 0 saturated carbocycles. The average Bonchev–Trinajstić information content (AvgIpc) is 3.44. The van der Waals surface area contributed by atoms with E-state index in [0.717, 1.165) is 36.2 Å². The number of carbonyl (C=O) groups excluding carboxylic acids is 3. The Balaban J connectivity index is 1.47. The summed E-state index contributed by atoms with van der Waals surface area (Å²) in [5.41, 5.74) is 2.79. The van der Waals surface area contributed by atoms with Gasteiger partial charge in [0.1, 0.15) is 5.54 Å². The van der Waals surface area contributed by atoms with E-state index in [1.165, 1.54) is 0 Å². The van der Waals surface area contributed by atoms with E-state index in [1.807, 2.05) is 25.1 Å². The number of carbonyl (C=O) groups is 3. The number of nitrogens with one attached hydrogen (secondary N) is 2. The fourth-order valence-corrected chi connectivity index (χ4v) is 5.73. The molecule has 0 bridgehead atoms. The molecule has 3 heterocycles. The van der Waals surface area contributed by atoms with Gasteiger partial charge in [-0.2, -0.15) is 0 Å². The van der Waals surface area contributed by atoms with E-state index < -0.39 is 17.4 Å². The summed E-state index contributed by atoms with van der Waals surface area (Å²) in [4.78, 5) is 41.2. The van der Waals surface area contributed by atoms with Gasteiger partial charge in [0.25, 0.3) is 0 Å². The first-order valence-corrected chi connectivity index (χ1v) is 11.2. The summed E-state index contributed by atoms with van der Waals surface area (Å²) in [7, 11) is 0. The van der Waals surface area contributed by atoms with Crippen molar-refractivity contribution in [3.8, 4) is 0 Å². The monoisotopic (exact) mass is 433 g/mol. The first-order valence-electron chi connectivity index (χ1n) is 11.2. The van der Waals surface area contributed by atoms with Gasteiger partial charge in [-0.3, -0.25) is 14.5 Å². The Labute approximate surface area is 187 Å². The maximum Gasteiger partial charge on any atom is 0.338 e. The third-order valence-corrected chi connectivity index (χ3v) is 7.09. The SMILES string of the molecule is CCOC(=O)c1ccc(NC(=O)[C@@H]2C[C@H]3CCCN3[C@]23C(=O)Nc2c(C)cccc23)cc1. The van der Waals surface area contributed by atoms with Crippen LogP contribution in [0.2, 0.25) is 0 Å². The molecule has 5 rings (SSSR count). The number of rotatable bonds is 4. The molecule has 3 aliphatic heterocycles. The molecule has 3 atom stereocenters. The molecule has 2 amide bonds. The smallest absolute Gasteiger partial charge is 0.338 e. The summed E-state index contributed by atoms with van der Waals surface area (Å²) in [6.45, 7) is 4.86. The third kappa shape index (κ3) is 2.95. The van der Waals surface area contributed by atoms with Crippen molar-refractivity contribution in [1.82, 2.24) is 4.90 Å². The van der Waals surface area contributed by atoms with E-state index in [1.54, 1.807) is 31.2 Å². The molecule has 0 aromatic heterocycles. The highest BCUT2D eigenvalue weighted by Crippen LogP contribution is 2.56. The Kier molecular flexibility index (Phi) is 5.01. The first kappa shape index (κ1) is 20.7. The van der Waals surface area contributed by atoms with Gasteiger partial charge < -0.3 is 15.4 Å². The van der Waals surface area contributed by atoms with Crippen molar-refractivity contribution in [1.29, 1.82) is 0 Å². The Bertz CT molecular complexity index is 1100. The number of anilines is 2. The fourth-order valence-electron chi connectivity index (χ4n) is 5.73. The van der Waals surface area contributed by atoms with Crippen molar-refractivity contribution in [2.24, 2.45) is 5.92 Å². The highest BCUT2D eigenvalue weighted by molar-refractivity contribution is 6.11. The van der Waals surface area contributed by atoms with E-state index in [4.69, 9.17) is 4.74 Å². The van der Waals surface area contributed by atoms with Gasteiger partial charge in [-0.25, -0.2) is 4.79 Å². The molecular weight excluding hydrogens is 406 g/mol. The number of hydrogen-bond acceptors (Lipinski definition) is 5. The van der Waals surface area contributed by atoms with Crippen LogP contribution in [0, 0.1) is 12.8 Å². The minimum absolute atomic E-state index is 0.107. The van der Waals surface area contributed by atoms with E-state index >= 15 is 0 Å². The number of amides is 2. The molecular formula is C25H27N3O4. The third-order valence-electron chi connectivity index (χ3n) is 7.09.